The first kappa shape index (κ1) is 18.7. The Balaban J connectivity index is 1.62. The quantitative estimate of drug-likeness (QED) is 0.816. The fraction of sp³-hybridized carbons (Fsp3) is 0.350. The van der Waals surface area contributed by atoms with E-state index < -0.39 is 5.97 Å². The average molecular weight is 376 g/mol. The zero-order chi connectivity index (χ0) is 18.5. The van der Waals surface area contributed by atoms with Crippen LogP contribution < -0.4 is 4.74 Å². The number of aliphatic carboxylic acids is 1. The monoisotopic (exact) mass is 375 g/mol. The summed E-state index contributed by atoms with van der Waals surface area (Å²) in [5.41, 5.74) is 2.04. The molecule has 1 N–H and O–H groups in total. The van der Waals surface area contributed by atoms with Crippen molar-refractivity contribution >= 4 is 17.6 Å². The summed E-state index contributed by atoms with van der Waals surface area (Å²) >= 11 is 5.97. The molecule has 0 aromatic heterocycles. The molecule has 2 aromatic carbocycles. The van der Waals surface area contributed by atoms with Crippen LogP contribution in [0.15, 0.2) is 42.5 Å². The largest absolute Gasteiger partial charge is 0.481 e. The second kappa shape index (κ2) is 8.54. The van der Waals surface area contributed by atoms with Gasteiger partial charge in [-0.15, -0.1) is 0 Å². The highest BCUT2D eigenvalue weighted by Gasteiger charge is 2.22. The number of carbonyl (C=O) groups is 1. The third kappa shape index (κ3) is 4.97. The molecule has 138 valence electrons. The number of ether oxygens (including phenoxy) is 2. The van der Waals surface area contributed by atoms with Crippen molar-refractivity contribution in [1.29, 1.82) is 0 Å². The Bertz CT molecular complexity index is 763. The van der Waals surface area contributed by atoms with Crippen LogP contribution in [0.5, 0.6) is 11.5 Å². The fourth-order valence-corrected chi connectivity index (χ4v) is 3.19. The first-order valence-electron chi connectivity index (χ1n) is 8.61. The van der Waals surface area contributed by atoms with Crippen molar-refractivity contribution in [3.8, 4) is 11.5 Å². The van der Waals surface area contributed by atoms with E-state index in [2.05, 4.69) is 4.90 Å². The van der Waals surface area contributed by atoms with E-state index in [9.17, 15) is 4.79 Å². The molecule has 0 radical (unpaired) electrons. The highest BCUT2D eigenvalue weighted by molar-refractivity contribution is 6.30. The van der Waals surface area contributed by atoms with E-state index in [1.54, 1.807) is 6.07 Å². The summed E-state index contributed by atoms with van der Waals surface area (Å²) < 4.78 is 11.8. The minimum Gasteiger partial charge on any atom is -0.481 e. The lowest BCUT2D eigenvalue weighted by atomic mass is 10.1. The van der Waals surface area contributed by atoms with Crippen LogP contribution in [0.2, 0.25) is 5.02 Å². The summed E-state index contributed by atoms with van der Waals surface area (Å²) in [6, 6.07) is 13.4. The molecule has 1 aliphatic heterocycles. The molecule has 0 bridgehead atoms. The number of benzene rings is 2. The molecule has 3 rings (SSSR count). The Morgan fingerprint density at radius 1 is 1.31 bits per heavy atom. The maximum absolute atomic E-state index is 10.7. The number of hydrogen-bond acceptors (Lipinski definition) is 4. The molecule has 0 amide bonds. The summed E-state index contributed by atoms with van der Waals surface area (Å²) in [7, 11) is 0. The van der Waals surface area contributed by atoms with Crippen molar-refractivity contribution in [3.05, 3.63) is 58.6 Å². The number of nitrogens with zero attached hydrogens (tertiary/aromatic N) is 1. The zero-order valence-corrected chi connectivity index (χ0v) is 15.4. The zero-order valence-electron chi connectivity index (χ0n) is 14.7. The van der Waals surface area contributed by atoms with Crippen LogP contribution in [0.1, 0.15) is 23.7 Å². The van der Waals surface area contributed by atoms with Crippen molar-refractivity contribution in [1.82, 2.24) is 4.90 Å². The summed E-state index contributed by atoms with van der Waals surface area (Å²) in [5.74, 6) is 0.751. The topological polar surface area (TPSA) is 59.0 Å². The molecule has 2 aromatic rings. The van der Waals surface area contributed by atoms with Gasteiger partial charge in [0.15, 0.2) is 0 Å². The van der Waals surface area contributed by atoms with E-state index in [0.29, 0.717) is 24.7 Å². The van der Waals surface area contributed by atoms with Gasteiger partial charge in [-0.05, 0) is 48.4 Å². The number of carboxylic acids is 1. The molecule has 0 saturated carbocycles. The summed E-state index contributed by atoms with van der Waals surface area (Å²) in [6.07, 6.45) is 0.101. The number of morpholine rings is 1. The molecule has 1 saturated heterocycles. The highest BCUT2D eigenvalue weighted by atomic mass is 35.5. The number of carboxylic acid groups (broad SMARTS) is 1. The predicted octanol–water partition coefficient (Wildman–Crippen LogP) is 4.29. The number of rotatable bonds is 6. The van der Waals surface area contributed by atoms with Crippen molar-refractivity contribution in [2.45, 2.75) is 19.4 Å². The lowest BCUT2D eigenvalue weighted by Crippen LogP contribution is -2.39. The SMILES string of the molecule is Cc1cc(Cl)ccc1Oc1ccc(C2CN(CCC(=O)O)CCO2)cc1. The fourth-order valence-electron chi connectivity index (χ4n) is 2.97. The van der Waals surface area contributed by atoms with Gasteiger partial charge in [0.25, 0.3) is 0 Å². The first-order chi connectivity index (χ1) is 12.5. The molecule has 1 fully saturated rings. The number of hydrogen-bond donors (Lipinski definition) is 1. The van der Waals surface area contributed by atoms with Gasteiger partial charge in [0, 0.05) is 24.7 Å². The average Bonchev–Trinajstić information content (AvgIpc) is 2.63. The van der Waals surface area contributed by atoms with Gasteiger partial charge in [-0.2, -0.15) is 0 Å². The maximum atomic E-state index is 10.7. The molecule has 1 aliphatic rings. The van der Waals surface area contributed by atoms with Crippen LogP contribution in [0.25, 0.3) is 0 Å². The normalized spacial score (nSPS) is 17.8. The third-order valence-corrected chi connectivity index (χ3v) is 4.64. The Morgan fingerprint density at radius 3 is 2.77 bits per heavy atom. The second-order valence-electron chi connectivity index (χ2n) is 6.38. The van der Waals surface area contributed by atoms with Crippen LogP contribution in [-0.4, -0.2) is 42.2 Å². The molecule has 0 aliphatic carbocycles. The molecule has 1 heterocycles. The summed E-state index contributed by atoms with van der Waals surface area (Å²) in [6.45, 7) is 4.57. The van der Waals surface area contributed by atoms with Gasteiger partial charge in [0.2, 0.25) is 0 Å². The van der Waals surface area contributed by atoms with Crippen molar-refractivity contribution in [2.75, 3.05) is 26.2 Å². The van der Waals surface area contributed by atoms with Gasteiger partial charge < -0.3 is 14.6 Å². The van der Waals surface area contributed by atoms with Gasteiger partial charge in [-0.25, -0.2) is 0 Å². The molecule has 5 nitrogen and oxygen atoms in total. The van der Waals surface area contributed by atoms with Crippen molar-refractivity contribution in [3.63, 3.8) is 0 Å². The Kier molecular flexibility index (Phi) is 6.14. The van der Waals surface area contributed by atoms with Gasteiger partial charge in [0.1, 0.15) is 11.5 Å². The van der Waals surface area contributed by atoms with E-state index in [-0.39, 0.29) is 12.5 Å². The van der Waals surface area contributed by atoms with Gasteiger partial charge in [-0.1, -0.05) is 23.7 Å². The van der Waals surface area contributed by atoms with E-state index in [4.69, 9.17) is 26.2 Å². The molecule has 6 heteroatoms. The van der Waals surface area contributed by atoms with E-state index in [1.165, 1.54) is 0 Å². The standard InChI is InChI=1S/C20H22ClNO4/c1-14-12-16(21)4-7-18(14)26-17-5-2-15(3-6-17)19-13-22(10-11-25-19)9-8-20(23)24/h2-7,12,19H,8-11,13H2,1H3,(H,23,24). The van der Waals surface area contributed by atoms with Crippen LogP contribution in [-0.2, 0) is 9.53 Å². The van der Waals surface area contributed by atoms with Gasteiger partial charge in [0.05, 0.1) is 19.1 Å². The van der Waals surface area contributed by atoms with Crippen LogP contribution >= 0.6 is 11.6 Å². The second-order valence-corrected chi connectivity index (χ2v) is 6.82. The predicted molar refractivity (Wildman–Crippen MR) is 100 cm³/mol. The van der Waals surface area contributed by atoms with Gasteiger partial charge >= 0.3 is 5.97 Å². The Hall–Kier alpha value is -2.08. The Morgan fingerprint density at radius 2 is 2.08 bits per heavy atom. The highest BCUT2D eigenvalue weighted by Crippen LogP contribution is 2.29. The van der Waals surface area contributed by atoms with Crippen LogP contribution in [0, 0.1) is 6.92 Å². The lowest BCUT2D eigenvalue weighted by molar-refractivity contribution is -0.137. The first-order valence-corrected chi connectivity index (χ1v) is 8.99. The van der Waals surface area contributed by atoms with Crippen molar-refractivity contribution in [2.24, 2.45) is 0 Å². The third-order valence-electron chi connectivity index (χ3n) is 4.41. The summed E-state index contributed by atoms with van der Waals surface area (Å²) in [5, 5.41) is 9.52. The Labute approximate surface area is 158 Å². The minimum atomic E-state index is -0.771. The minimum absolute atomic E-state index is 0.0520. The van der Waals surface area contributed by atoms with Crippen molar-refractivity contribution < 1.29 is 19.4 Å². The smallest absolute Gasteiger partial charge is 0.304 e. The molecule has 0 spiro atoms. The molecular weight excluding hydrogens is 354 g/mol. The molecular formula is C20H22ClNO4. The maximum Gasteiger partial charge on any atom is 0.304 e. The molecule has 1 atom stereocenters. The molecule has 1 unspecified atom stereocenters. The van der Waals surface area contributed by atoms with E-state index >= 15 is 0 Å². The lowest BCUT2D eigenvalue weighted by Gasteiger charge is -2.32. The van der Waals surface area contributed by atoms with Crippen LogP contribution in [0.4, 0.5) is 0 Å². The number of halogens is 1. The van der Waals surface area contributed by atoms with Crippen LogP contribution in [0.3, 0.4) is 0 Å². The number of aryl methyl sites for hydroxylation is 1. The van der Waals surface area contributed by atoms with E-state index in [1.807, 2.05) is 43.3 Å². The van der Waals surface area contributed by atoms with E-state index in [0.717, 1.165) is 29.2 Å². The molecule has 26 heavy (non-hydrogen) atoms. The van der Waals surface area contributed by atoms with Gasteiger partial charge in [-0.3, -0.25) is 9.69 Å². The summed E-state index contributed by atoms with van der Waals surface area (Å²) in [4.78, 5) is 12.9.